The lowest BCUT2D eigenvalue weighted by Gasteiger charge is -2.45. The van der Waals surface area contributed by atoms with E-state index in [1.165, 1.54) is 4.90 Å². The SMILES string of the molecule is CCCOc1ccc(NC2N(N)C(=O)N(CCC(=O)OCC)C(=O)N2Cc2ccc(C)cc2)cc1Cl. The van der Waals surface area contributed by atoms with Crippen LogP contribution in [0.1, 0.15) is 37.8 Å². The molecule has 0 radical (unpaired) electrons. The van der Waals surface area contributed by atoms with E-state index in [1.807, 2.05) is 38.1 Å². The molecule has 0 bridgehead atoms. The van der Waals surface area contributed by atoms with Crippen LogP contribution in [0.5, 0.6) is 5.75 Å². The van der Waals surface area contributed by atoms with E-state index in [1.54, 1.807) is 25.1 Å². The molecule has 0 aromatic heterocycles. The summed E-state index contributed by atoms with van der Waals surface area (Å²) in [5.74, 6) is 6.23. The highest BCUT2D eigenvalue weighted by molar-refractivity contribution is 6.32. The Balaban J connectivity index is 1.87. The lowest BCUT2D eigenvalue weighted by atomic mass is 10.1. The van der Waals surface area contributed by atoms with Crippen LogP contribution in [0.25, 0.3) is 0 Å². The normalized spacial score (nSPS) is 15.8. The second kappa shape index (κ2) is 12.5. The Morgan fingerprint density at radius 1 is 1.11 bits per heavy atom. The number of rotatable bonds is 11. The van der Waals surface area contributed by atoms with Crippen LogP contribution < -0.4 is 15.9 Å². The second-order valence-corrected chi connectivity index (χ2v) is 8.71. The number of carbonyl (C=O) groups excluding carboxylic acids is 3. The number of benzene rings is 2. The first-order valence-corrected chi connectivity index (χ1v) is 12.2. The van der Waals surface area contributed by atoms with Crippen molar-refractivity contribution in [1.29, 1.82) is 0 Å². The number of nitrogens with zero attached hydrogens (tertiary/aromatic N) is 3. The zero-order chi connectivity index (χ0) is 26.2. The molecule has 1 aliphatic heterocycles. The molecule has 11 heteroatoms. The first-order chi connectivity index (χ1) is 17.2. The molecule has 36 heavy (non-hydrogen) atoms. The maximum absolute atomic E-state index is 13.5. The van der Waals surface area contributed by atoms with Crippen LogP contribution in [-0.4, -0.2) is 58.9 Å². The van der Waals surface area contributed by atoms with Crippen molar-refractivity contribution in [3.8, 4) is 5.75 Å². The minimum absolute atomic E-state index is 0.134. The third kappa shape index (κ3) is 6.58. The Hall–Kier alpha value is -3.50. The van der Waals surface area contributed by atoms with E-state index in [0.29, 0.717) is 23.1 Å². The van der Waals surface area contributed by atoms with Gasteiger partial charge in [-0.15, -0.1) is 0 Å². The molecule has 2 aromatic carbocycles. The van der Waals surface area contributed by atoms with Crippen molar-refractivity contribution in [3.63, 3.8) is 0 Å². The maximum Gasteiger partial charge on any atom is 0.345 e. The summed E-state index contributed by atoms with van der Waals surface area (Å²) in [5.41, 5.74) is 2.46. The quantitative estimate of drug-likeness (QED) is 0.259. The van der Waals surface area contributed by atoms with Gasteiger partial charge in [0.1, 0.15) is 5.75 Å². The van der Waals surface area contributed by atoms with Crippen molar-refractivity contribution in [2.45, 2.75) is 46.4 Å². The van der Waals surface area contributed by atoms with Crippen molar-refractivity contribution in [3.05, 3.63) is 58.6 Å². The van der Waals surface area contributed by atoms with Gasteiger partial charge < -0.3 is 14.8 Å². The molecule has 1 unspecified atom stereocenters. The van der Waals surface area contributed by atoms with Crippen molar-refractivity contribution in [2.75, 3.05) is 25.1 Å². The van der Waals surface area contributed by atoms with Crippen LogP contribution >= 0.6 is 11.6 Å². The van der Waals surface area contributed by atoms with Gasteiger partial charge in [0.25, 0.3) is 0 Å². The highest BCUT2D eigenvalue weighted by atomic mass is 35.5. The maximum atomic E-state index is 13.5. The van der Waals surface area contributed by atoms with Gasteiger partial charge in [0.05, 0.1) is 31.2 Å². The molecule has 3 N–H and O–H groups in total. The van der Waals surface area contributed by atoms with Gasteiger partial charge in [-0.3, -0.25) is 9.69 Å². The van der Waals surface area contributed by atoms with Crippen molar-refractivity contribution in [2.24, 2.45) is 5.84 Å². The fraction of sp³-hybridized carbons (Fsp3) is 0.400. The fourth-order valence-electron chi connectivity index (χ4n) is 3.62. The third-order valence-electron chi connectivity index (χ3n) is 5.49. The number of amides is 4. The monoisotopic (exact) mass is 517 g/mol. The number of anilines is 1. The van der Waals surface area contributed by atoms with Crippen LogP contribution in [0, 0.1) is 6.92 Å². The molecular weight excluding hydrogens is 486 g/mol. The molecule has 0 spiro atoms. The van der Waals surface area contributed by atoms with Crippen molar-refractivity contribution >= 4 is 35.3 Å². The standard InChI is InChI=1S/C25H32ClN5O5/c1-4-14-36-21-11-10-19(15-20(21)26)28-23-30(16-18-8-6-17(3)7-9-18)24(33)29(25(34)31(23)27)13-12-22(32)35-5-2/h6-11,15,23,28H,4-5,12-14,16,27H2,1-3H3. The number of esters is 1. The topological polar surface area (TPSA) is 117 Å². The molecule has 1 fully saturated rings. The molecular formula is C25H32ClN5O5. The molecule has 4 amide bonds. The van der Waals surface area contributed by atoms with Crippen molar-refractivity contribution in [1.82, 2.24) is 14.8 Å². The van der Waals surface area contributed by atoms with Gasteiger partial charge in [-0.05, 0) is 44.0 Å². The average Bonchev–Trinajstić information content (AvgIpc) is 2.85. The number of urea groups is 2. The molecule has 1 aliphatic rings. The minimum atomic E-state index is -1.01. The number of hydrazine groups is 1. The molecule has 2 aromatic rings. The summed E-state index contributed by atoms with van der Waals surface area (Å²) in [4.78, 5) is 40.7. The number of nitrogens with one attached hydrogen (secondary N) is 1. The predicted octanol–water partition coefficient (Wildman–Crippen LogP) is 4.32. The Labute approximate surface area is 215 Å². The summed E-state index contributed by atoms with van der Waals surface area (Å²) in [5, 5.41) is 4.44. The smallest absolute Gasteiger partial charge is 0.345 e. The lowest BCUT2D eigenvalue weighted by Crippen LogP contribution is -2.70. The number of carbonyl (C=O) groups is 3. The molecule has 1 saturated heterocycles. The van der Waals surface area contributed by atoms with Crippen LogP contribution in [0.15, 0.2) is 42.5 Å². The summed E-state index contributed by atoms with van der Waals surface area (Å²) >= 11 is 6.37. The van der Waals surface area contributed by atoms with Crippen LogP contribution in [0.3, 0.4) is 0 Å². The summed E-state index contributed by atoms with van der Waals surface area (Å²) in [6, 6.07) is 11.4. The van der Waals surface area contributed by atoms with E-state index in [0.717, 1.165) is 27.5 Å². The Kier molecular flexibility index (Phi) is 9.38. The molecule has 1 heterocycles. The van der Waals surface area contributed by atoms with E-state index < -0.39 is 24.3 Å². The van der Waals surface area contributed by atoms with Crippen LogP contribution in [0.4, 0.5) is 15.3 Å². The molecule has 0 saturated carbocycles. The van der Waals surface area contributed by atoms with E-state index in [9.17, 15) is 14.4 Å². The van der Waals surface area contributed by atoms with Gasteiger partial charge in [0.15, 0.2) is 0 Å². The first kappa shape index (κ1) is 27.1. The van der Waals surface area contributed by atoms with Crippen LogP contribution in [0.2, 0.25) is 5.02 Å². The zero-order valence-electron chi connectivity index (χ0n) is 20.7. The van der Waals surface area contributed by atoms with E-state index in [-0.39, 0.29) is 26.1 Å². The predicted molar refractivity (Wildman–Crippen MR) is 136 cm³/mol. The van der Waals surface area contributed by atoms with E-state index >= 15 is 0 Å². The fourth-order valence-corrected chi connectivity index (χ4v) is 3.86. The number of halogens is 1. The highest BCUT2D eigenvalue weighted by Crippen LogP contribution is 2.29. The van der Waals surface area contributed by atoms with E-state index in [4.69, 9.17) is 26.9 Å². The number of nitrogens with two attached hydrogens (primary N) is 1. The van der Waals surface area contributed by atoms with Crippen LogP contribution in [-0.2, 0) is 16.1 Å². The van der Waals surface area contributed by atoms with Gasteiger partial charge >= 0.3 is 18.0 Å². The Morgan fingerprint density at radius 3 is 2.47 bits per heavy atom. The molecule has 0 aliphatic carbocycles. The first-order valence-electron chi connectivity index (χ1n) is 11.8. The summed E-state index contributed by atoms with van der Waals surface area (Å²) in [6.45, 7) is 6.39. The van der Waals surface area contributed by atoms with Gasteiger partial charge in [-0.25, -0.2) is 25.3 Å². The number of ether oxygens (including phenoxy) is 2. The van der Waals surface area contributed by atoms with Gasteiger partial charge in [-0.2, -0.15) is 0 Å². The van der Waals surface area contributed by atoms with Crippen molar-refractivity contribution < 1.29 is 23.9 Å². The van der Waals surface area contributed by atoms with E-state index in [2.05, 4.69) is 5.32 Å². The zero-order valence-corrected chi connectivity index (χ0v) is 21.5. The Morgan fingerprint density at radius 2 is 1.83 bits per heavy atom. The molecule has 3 rings (SSSR count). The lowest BCUT2D eigenvalue weighted by molar-refractivity contribution is -0.143. The molecule has 10 nitrogen and oxygen atoms in total. The Bertz CT molecular complexity index is 1080. The highest BCUT2D eigenvalue weighted by Gasteiger charge is 2.43. The van der Waals surface area contributed by atoms with Gasteiger partial charge in [-0.1, -0.05) is 48.4 Å². The number of aryl methyl sites for hydroxylation is 1. The number of hydrogen-bond acceptors (Lipinski definition) is 7. The third-order valence-corrected chi connectivity index (χ3v) is 5.79. The van der Waals surface area contributed by atoms with Gasteiger partial charge in [0, 0.05) is 12.2 Å². The second-order valence-electron chi connectivity index (χ2n) is 8.30. The summed E-state index contributed by atoms with van der Waals surface area (Å²) in [6.07, 6.45) is -0.306. The average molecular weight is 518 g/mol. The minimum Gasteiger partial charge on any atom is -0.492 e. The molecule has 194 valence electrons. The number of hydrogen-bond donors (Lipinski definition) is 2. The summed E-state index contributed by atoms with van der Waals surface area (Å²) < 4.78 is 10.5. The number of imide groups is 1. The van der Waals surface area contributed by atoms with Gasteiger partial charge in [0.2, 0.25) is 6.29 Å². The molecule has 1 atom stereocenters. The largest absolute Gasteiger partial charge is 0.492 e. The summed E-state index contributed by atoms with van der Waals surface area (Å²) in [7, 11) is 0.